The molecule has 0 radical (unpaired) electrons. The molecule has 0 saturated heterocycles. The summed E-state index contributed by atoms with van der Waals surface area (Å²) in [6.07, 6.45) is 0.270. The number of aliphatic hydroxyl groups is 1. The molecule has 20 heavy (non-hydrogen) atoms. The molecule has 0 aliphatic heterocycles. The molecule has 1 unspecified atom stereocenters. The SMILES string of the molecule is Cc1ccc(CC(O)Cc2cc(Br)ccc2F)cc1C. The third-order valence-corrected chi connectivity index (χ3v) is 4.00. The average molecular weight is 337 g/mol. The van der Waals surface area contributed by atoms with E-state index in [1.807, 2.05) is 6.07 Å². The van der Waals surface area contributed by atoms with Gasteiger partial charge in [-0.05, 0) is 60.7 Å². The van der Waals surface area contributed by atoms with Crippen molar-refractivity contribution in [3.63, 3.8) is 0 Å². The van der Waals surface area contributed by atoms with Gasteiger partial charge in [0.25, 0.3) is 0 Å². The molecule has 3 heteroatoms. The van der Waals surface area contributed by atoms with E-state index in [1.54, 1.807) is 12.1 Å². The Balaban J connectivity index is 2.06. The monoisotopic (exact) mass is 336 g/mol. The van der Waals surface area contributed by atoms with Crippen LogP contribution in [0.4, 0.5) is 4.39 Å². The van der Waals surface area contributed by atoms with E-state index in [0.717, 1.165) is 10.0 Å². The fraction of sp³-hybridized carbons (Fsp3) is 0.294. The van der Waals surface area contributed by atoms with E-state index in [1.165, 1.54) is 17.2 Å². The van der Waals surface area contributed by atoms with Crippen LogP contribution in [0.25, 0.3) is 0 Å². The summed E-state index contributed by atoms with van der Waals surface area (Å²) >= 11 is 3.32. The minimum absolute atomic E-state index is 0.271. The number of rotatable bonds is 4. The maximum atomic E-state index is 13.7. The van der Waals surface area contributed by atoms with Gasteiger partial charge in [0, 0.05) is 10.9 Å². The zero-order valence-corrected chi connectivity index (χ0v) is 13.2. The maximum absolute atomic E-state index is 13.7. The molecule has 0 amide bonds. The predicted octanol–water partition coefficient (Wildman–Crippen LogP) is 4.35. The average Bonchev–Trinajstić information content (AvgIpc) is 2.38. The van der Waals surface area contributed by atoms with Crippen molar-refractivity contribution in [2.45, 2.75) is 32.8 Å². The van der Waals surface area contributed by atoms with Gasteiger partial charge in [-0.3, -0.25) is 0 Å². The molecule has 106 valence electrons. The second-order valence-electron chi connectivity index (χ2n) is 5.22. The molecular weight excluding hydrogens is 319 g/mol. The van der Waals surface area contributed by atoms with Crippen LogP contribution < -0.4 is 0 Å². The Bertz CT molecular complexity index is 610. The van der Waals surface area contributed by atoms with E-state index >= 15 is 0 Å². The highest BCUT2D eigenvalue weighted by Gasteiger charge is 2.11. The first-order valence-electron chi connectivity index (χ1n) is 6.64. The molecular formula is C17H18BrFO. The first kappa shape index (κ1) is 15.2. The van der Waals surface area contributed by atoms with Gasteiger partial charge in [0.05, 0.1) is 6.10 Å². The lowest BCUT2D eigenvalue weighted by molar-refractivity contribution is 0.174. The van der Waals surface area contributed by atoms with E-state index in [9.17, 15) is 9.50 Å². The van der Waals surface area contributed by atoms with Gasteiger partial charge in [-0.25, -0.2) is 4.39 Å². The zero-order valence-electron chi connectivity index (χ0n) is 11.7. The van der Waals surface area contributed by atoms with E-state index in [2.05, 4.69) is 41.9 Å². The van der Waals surface area contributed by atoms with Crippen LogP contribution in [0, 0.1) is 19.7 Å². The van der Waals surface area contributed by atoms with Crippen LogP contribution in [-0.4, -0.2) is 11.2 Å². The van der Waals surface area contributed by atoms with Gasteiger partial charge >= 0.3 is 0 Å². The van der Waals surface area contributed by atoms with Crippen LogP contribution in [0.2, 0.25) is 0 Å². The molecule has 0 aliphatic rings. The Morgan fingerprint density at radius 2 is 1.80 bits per heavy atom. The molecule has 0 spiro atoms. The second kappa shape index (κ2) is 6.51. The highest BCUT2D eigenvalue weighted by atomic mass is 79.9. The third kappa shape index (κ3) is 3.90. The molecule has 0 aliphatic carbocycles. The Labute approximate surface area is 127 Å². The lowest BCUT2D eigenvalue weighted by Gasteiger charge is -2.13. The van der Waals surface area contributed by atoms with Gasteiger partial charge in [-0.2, -0.15) is 0 Å². The van der Waals surface area contributed by atoms with Gasteiger partial charge in [-0.1, -0.05) is 34.1 Å². The summed E-state index contributed by atoms with van der Waals surface area (Å²) in [7, 11) is 0. The van der Waals surface area contributed by atoms with E-state index < -0.39 is 6.10 Å². The highest BCUT2D eigenvalue weighted by molar-refractivity contribution is 9.10. The molecule has 0 aromatic heterocycles. The summed E-state index contributed by atoms with van der Waals surface area (Å²) in [5, 5.41) is 10.1. The van der Waals surface area contributed by atoms with Crippen LogP contribution in [0.5, 0.6) is 0 Å². The van der Waals surface area contributed by atoms with Crippen molar-refractivity contribution < 1.29 is 9.50 Å². The molecule has 0 heterocycles. The van der Waals surface area contributed by atoms with Crippen molar-refractivity contribution >= 4 is 15.9 Å². The fourth-order valence-corrected chi connectivity index (χ4v) is 2.64. The Morgan fingerprint density at radius 3 is 2.50 bits per heavy atom. The van der Waals surface area contributed by atoms with Crippen LogP contribution in [0.3, 0.4) is 0 Å². The lowest BCUT2D eigenvalue weighted by Crippen LogP contribution is -2.15. The van der Waals surface area contributed by atoms with Crippen LogP contribution in [0.15, 0.2) is 40.9 Å². The third-order valence-electron chi connectivity index (χ3n) is 3.51. The van der Waals surface area contributed by atoms with Gasteiger partial charge in [0.1, 0.15) is 5.82 Å². The van der Waals surface area contributed by atoms with E-state index in [-0.39, 0.29) is 5.82 Å². The molecule has 2 rings (SSSR count). The summed E-state index contributed by atoms with van der Waals surface area (Å²) in [4.78, 5) is 0. The molecule has 2 aromatic rings. The van der Waals surface area contributed by atoms with E-state index in [4.69, 9.17) is 0 Å². The number of aryl methyl sites for hydroxylation is 2. The summed E-state index contributed by atoms with van der Waals surface area (Å²) in [6, 6.07) is 10.9. The first-order valence-corrected chi connectivity index (χ1v) is 7.43. The topological polar surface area (TPSA) is 20.2 Å². The molecule has 0 bridgehead atoms. The van der Waals surface area contributed by atoms with Crippen LogP contribution in [-0.2, 0) is 12.8 Å². The fourth-order valence-electron chi connectivity index (χ4n) is 2.23. The van der Waals surface area contributed by atoms with Crippen molar-refractivity contribution in [2.24, 2.45) is 0 Å². The Kier molecular flexibility index (Phi) is 4.95. The molecule has 1 N–H and O–H groups in total. The lowest BCUT2D eigenvalue weighted by atomic mass is 9.98. The summed E-state index contributed by atoms with van der Waals surface area (Å²) in [5.41, 5.74) is 4.07. The van der Waals surface area contributed by atoms with Gasteiger partial charge in [-0.15, -0.1) is 0 Å². The summed E-state index contributed by atoms with van der Waals surface area (Å²) in [5.74, 6) is -0.271. The van der Waals surface area contributed by atoms with Crippen LogP contribution in [0.1, 0.15) is 22.3 Å². The predicted molar refractivity (Wildman–Crippen MR) is 83.4 cm³/mol. The smallest absolute Gasteiger partial charge is 0.126 e. The number of aliphatic hydroxyl groups excluding tert-OH is 1. The summed E-state index contributed by atoms with van der Waals surface area (Å²) in [6.45, 7) is 4.12. The summed E-state index contributed by atoms with van der Waals surface area (Å²) < 4.78 is 14.5. The van der Waals surface area contributed by atoms with Crippen molar-refractivity contribution in [2.75, 3.05) is 0 Å². The zero-order chi connectivity index (χ0) is 14.7. The number of hydrogen-bond acceptors (Lipinski definition) is 1. The van der Waals surface area contributed by atoms with E-state index in [0.29, 0.717) is 18.4 Å². The maximum Gasteiger partial charge on any atom is 0.126 e. The normalized spacial score (nSPS) is 12.4. The molecule has 1 nitrogen and oxygen atoms in total. The number of halogens is 2. The van der Waals surface area contributed by atoms with Crippen molar-refractivity contribution in [1.82, 2.24) is 0 Å². The van der Waals surface area contributed by atoms with Gasteiger partial charge in [0.2, 0.25) is 0 Å². The number of hydrogen-bond donors (Lipinski definition) is 1. The van der Waals surface area contributed by atoms with Crippen molar-refractivity contribution in [1.29, 1.82) is 0 Å². The van der Waals surface area contributed by atoms with Gasteiger partial charge < -0.3 is 5.11 Å². The molecule has 1 atom stereocenters. The minimum atomic E-state index is -0.582. The molecule has 0 saturated carbocycles. The molecule has 0 fully saturated rings. The first-order chi connectivity index (χ1) is 9.45. The highest BCUT2D eigenvalue weighted by Crippen LogP contribution is 2.19. The largest absolute Gasteiger partial charge is 0.392 e. The Hall–Kier alpha value is -1.19. The standard InChI is InChI=1S/C17H18BrFO/c1-11-3-4-13(7-12(11)2)8-16(20)10-14-9-15(18)5-6-17(14)19/h3-7,9,16,20H,8,10H2,1-2H3. The second-order valence-corrected chi connectivity index (χ2v) is 6.13. The molecule has 2 aromatic carbocycles. The van der Waals surface area contributed by atoms with Gasteiger partial charge in [0.15, 0.2) is 0 Å². The number of benzene rings is 2. The van der Waals surface area contributed by atoms with Crippen molar-refractivity contribution in [3.05, 3.63) is 68.9 Å². The van der Waals surface area contributed by atoms with Crippen LogP contribution >= 0.6 is 15.9 Å². The van der Waals surface area contributed by atoms with Crippen molar-refractivity contribution in [3.8, 4) is 0 Å². The quantitative estimate of drug-likeness (QED) is 0.879. The Morgan fingerprint density at radius 1 is 1.05 bits per heavy atom. The minimum Gasteiger partial charge on any atom is -0.392 e.